The van der Waals surface area contributed by atoms with Crippen LogP contribution in [-0.2, 0) is 32.1 Å². The van der Waals surface area contributed by atoms with Crippen molar-refractivity contribution >= 4 is 5.97 Å². The van der Waals surface area contributed by atoms with Crippen molar-refractivity contribution in [2.75, 3.05) is 19.8 Å². The van der Waals surface area contributed by atoms with Crippen LogP contribution in [0, 0.1) is 0 Å². The highest BCUT2D eigenvalue weighted by molar-refractivity contribution is 5.81. The molecule has 3 heterocycles. The lowest BCUT2D eigenvalue weighted by molar-refractivity contribution is -0.138. The van der Waals surface area contributed by atoms with Gasteiger partial charge in [-0.05, 0) is 0 Å². The third-order valence-corrected chi connectivity index (χ3v) is 3.81. The molecule has 2 aliphatic rings. The maximum atomic E-state index is 12.5. The second kappa shape index (κ2) is 6.57. The summed E-state index contributed by atoms with van der Waals surface area (Å²) < 4.78 is 17.8. The fourth-order valence-electron chi connectivity index (χ4n) is 2.35. The van der Waals surface area contributed by atoms with Gasteiger partial charge in [0.25, 0.3) is 0 Å². The first-order chi connectivity index (χ1) is 11.5. The maximum Gasteiger partial charge on any atom is 0.338 e. The molecule has 0 aliphatic carbocycles. The number of nitrogens with zero attached hydrogens (tertiary/aromatic N) is 3. The van der Waals surface area contributed by atoms with Crippen molar-refractivity contribution in [2.45, 2.75) is 31.8 Å². The summed E-state index contributed by atoms with van der Waals surface area (Å²) in [5, 5.41) is 0. The van der Waals surface area contributed by atoms with E-state index in [0.717, 1.165) is 19.8 Å². The molecule has 3 rings (SSSR count). The first kappa shape index (κ1) is 16.4. The molecule has 0 aromatic carbocycles. The first-order valence-corrected chi connectivity index (χ1v) is 7.51. The second-order valence-electron chi connectivity index (χ2n) is 5.42. The van der Waals surface area contributed by atoms with Gasteiger partial charge in [-0.15, -0.1) is 0 Å². The van der Waals surface area contributed by atoms with E-state index in [0.29, 0.717) is 19.6 Å². The Morgan fingerprint density at radius 2 is 1.88 bits per heavy atom. The van der Waals surface area contributed by atoms with Crippen LogP contribution in [0.3, 0.4) is 0 Å². The molecule has 0 saturated carbocycles. The van der Waals surface area contributed by atoms with Gasteiger partial charge in [0.1, 0.15) is 12.8 Å². The Labute approximate surface area is 135 Å². The zero-order valence-corrected chi connectivity index (χ0v) is 12.9. The Morgan fingerprint density at radius 1 is 1.21 bits per heavy atom. The number of carbonyl (C=O) groups excluding carboxylic acids is 1. The van der Waals surface area contributed by atoms with Gasteiger partial charge in [0.15, 0.2) is 0 Å². The largest absolute Gasteiger partial charge is 0.461 e. The lowest BCUT2D eigenvalue weighted by atomic mass is 10.3. The minimum absolute atomic E-state index is 0.0666. The number of aromatic nitrogens is 3. The topological polar surface area (TPSA) is 114 Å². The molecule has 0 bridgehead atoms. The number of hydrogen-bond acceptors (Lipinski definition) is 7. The van der Waals surface area contributed by atoms with E-state index in [4.69, 9.17) is 14.2 Å². The van der Waals surface area contributed by atoms with E-state index in [2.05, 4.69) is 6.58 Å². The van der Waals surface area contributed by atoms with Crippen molar-refractivity contribution in [1.29, 1.82) is 0 Å². The van der Waals surface area contributed by atoms with Crippen molar-refractivity contribution in [1.82, 2.24) is 13.7 Å². The Morgan fingerprint density at radius 3 is 2.42 bits per heavy atom. The summed E-state index contributed by atoms with van der Waals surface area (Å²) in [6, 6.07) is 0. The smallest absolute Gasteiger partial charge is 0.338 e. The van der Waals surface area contributed by atoms with Crippen molar-refractivity contribution in [3.8, 4) is 0 Å². The molecule has 2 saturated heterocycles. The highest BCUT2D eigenvalue weighted by Gasteiger charge is 2.30. The molecule has 130 valence electrons. The Kier molecular flexibility index (Phi) is 4.49. The first-order valence-electron chi connectivity index (χ1n) is 7.51. The molecule has 24 heavy (non-hydrogen) atoms. The minimum atomic E-state index is -0.780. The van der Waals surface area contributed by atoms with Crippen LogP contribution in [0.1, 0.15) is 12.6 Å². The van der Waals surface area contributed by atoms with Crippen molar-refractivity contribution < 1.29 is 19.0 Å². The van der Waals surface area contributed by atoms with Crippen LogP contribution < -0.4 is 17.1 Å². The predicted octanol–water partition coefficient (Wildman–Crippen LogP) is -1.78. The number of epoxide rings is 1. The van der Waals surface area contributed by atoms with Gasteiger partial charge in [0.05, 0.1) is 32.4 Å². The van der Waals surface area contributed by atoms with Crippen LogP contribution in [0.4, 0.5) is 0 Å². The number of rotatable bonds is 7. The summed E-state index contributed by atoms with van der Waals surface area (Å²) in [5.74, 6) is -0.662. The molecule has 2 atom stereocenters. The molecule has 0 spiro atoms. The molecular formula is C14H17N3O7. The molecule has 0 radical (unpaired) electrons. The summed E-state index contributed by atoms with van der Waals surface area (Å²) in [4.78, 5) is 48.5. The lowest BCUT2D eigenvalue weighted by Gasteiger charge is -2.28. The summed E-state index contributed by atoms with van der Waals surface area (Å²) in [7, 11) is 0. The molecule has 2 aliphatic heterocycles. The van der Waals surface area contributed by atoms with Gasteiger partial charge in [-0.1, -0.05) is 6.58 Å². The Balaban J connectivity index is 1.97. The van der Waals surface area contributed by atoms with Gasteiger partial charge in [-0.2, -0.15) is 0 Å². The van der Waals surface area contributed by atoms with E-state index in [1.165, 1.54) is 0 Å². The monoisotopic (exact) mass is 339 g/mol. The standard InChI is InChI=1S/C14H17N3O7/c1-2-11(18)23-6-4-15-12(19)16(7-9-8-24-9)14(21)17(13(15)20)10-3-5-22-10/h2,9-10H,1,3-8H2. The lowest BCUT2D eigenvalue weighted by Crippen LogP contribution is -2.57. The van der Waals surface area contributed by atoms with Crippen LogP contribution >= 0.6 is 0 Å². The van der Waals surface area contributed by atoms with Crippen LogP contribution in [0.5, 0.6) is 0 Å². The molecule has 1 aromatic heterocycles. The van der Waals surface area contributed by atoms with Gasteiger partial charge in [0, 0.05) is 12.5 Å². The minimum Gasteiger partial charge on any atom is -0.461 e. The van der Waals surface area contributed by atoms with Crippen LogP contribution in [0.2, 0.25) is 0 Å². The third-order valence-electron chi connectivity index (χ3n) is 3.81. The van der Waals surface area contributed by atoms with Gasteiger partial charge in [-0.25, -0.2) is 32.9 Å². The molecule has 0 N–H and O–H groups in total. The van der Waals surface area contributed by atoms with E-state index in [-0.39, 0.29) is 25.8 Å². The number of esters is 1. The quantitative estimate of drug-likeness (QED) is 0.328. The summed E-state index contributed by atoms with van der Waals surface area (Å²) in [6.45, 7) is 3.87. The SMILES string of the molecule is C=CC(=O)OCCn1c(=O)n(CC2CO2)c(=O)n(C2CCO2)c1=O. The number of carbonyl (C=O) groups is 1. The average molecular weight is 339 g/mol. The van der Waals surface area contributed by atoms with E-state index in [1.54, 1.807) is 0 Å². The zero-order chi connectivity index (χ0) is 17.3. The Hall–Kier alpha value is -2.46. The van der Waals surface area contributed by atoms with Crippen molar-refractivity contribution in [2.24, 2.45) is 0 Å². The normalized spacial score (nSPS) is 21.8. The van der Waals surface area contributed by atoms with E-state index in [9.17, 15) is 19.2 Å². The summed E-state index contributed by atoms with van der Waals surface area (Å²) in [5.41, 5.74) is -2.26. The second-order valence-corrected chi connectivity index (χ2v) is 5.42. The van der Waals surface area contributed by atoms with Crippen LogP contribution in [0.15, 0.2) is 27.0 Å². The molecule has 0 amide bonds. The summed E-state index contributed by atoms with van der Waals surface area (Å²) in [6.07, 6.45) is 0.600. The third kappa shape index (κ3) is 3.10. The molecule has 2 fully saturated rings. The predicted molar refractivity (Wildman–Crippen MR) is 79.7 cm³/mol. The highest BCUT2D eigenvalue weighted by atomic mass is 16.6. The van der Waals surface area contributed by atoms with Crippen molar-refractivity contribution in [3.63, 3.8) is 0 Å². The van der Waals surface area contributed by atoms with E-state index >= 15 is 0 Å². The molecule has 10 heteroatoms. The fourth-order valence-corrected chi connectivity index (χ4v) is 2.35. The van der Waals surface area contributed by atoms with Crippen LogP contribution in [-0.4, -0.2) is 45.6 Å². The zero-order valence-electron chi connectivity index (χ0n) is 12.9. The van der Waals surface area contributed by atoms with Gasteiger partial charge >= 0.3 is 23.0 Å². The molecule has 2 unspecified atom stereocenters. The fraction of sp³-hybridized carbons (Fsp3) is 0.571. The van der Waals surface area contributed by atoms with E-state index in [1.807, 2.05) is 0 Å². The summed E-state index contributed by atoms with van der Waals surface area (Å²) >= 11 is 0. The van der Waals surface area contributed by atoms with Crippen LogP contribution in [0.25, 0.3) is 0 Å². The highest BCUT2D eigenvalue weighted by Crippen LogP contribution is 2.19. The molecule has 1 aromatic rings. The molecule has 10 nitrogen and oxygen atoms in total. The van der Waals surface area contributed by atoms with Gasteiger partial charge < -0.3 is 14.2 Å². The maximum absolute atomic E-state index is 12.5. The van der Waals surface area contributed by atoms with Gasteiger partial charge in [0.2, 0.25) is 0 Å². The number of ether oxygens (including phenoxy) is 3. The van der Waals surface area contributed by atoms with E-state index < -0.39 is 29.3 Å². The van der Waals surface area contributed by atoms with Gasteiger partial charge in [-0.3, -0.25) is 0 Å². The molecular weight excluding hydrogens is 322 g/mol. The Bertz CT molecular complexity index is 826. The average Bonchev–Trinajstić information content (AvgIpc) is 3.33. The number of hydrogen-bond donors (Lipinski definition) is 0. The van der Waals surface area contributed by atoms with Crippen molar-refractivity contribution in [3.05, 3.63) is 44.1 Å².